The Labute approximate surface area is 113 Å². The highest BCUT2D eigenvalue weighted by Crippen LogP contribution is 2.16. The quantitative estimate of drug-likeness (QED) is 0.617. The lowest BCUT2D eigenvalue weighted by Crippen LogP contribution is -2.13. The van der Waals surface area contributed by atoms with Crippen LogP contribution in [0.3, 0.4) is 0 Å². The molecule has 1 rings (SSSR count). The van der Waals surface area contributed by atoms with Crippen LogP contribution >= 0.6 is 0 Å². The van der Waals surface area contributed by atoms with E-state index in [1.807, 2.05) is 6.92 Å². The molecule has 0 unspecified atom stereocenters. The Balaban J connectivity index is 2.03. The first-order chi connectivity index (χ1) is 9.25. The van der Waals surface area contributed by atoms with Gasteiger partial charge in [-0.1, -0.05) is 0 Å². The highest BCUT2D eigenvalue weighted by molar-refractivity contribution is 5.42. The van der Waals surface area contributed by atoms with Gasteiger partial charge in [-0.3, -0.25) is 0 Å². The van der Waals surface area contributed by atoms with E-state index >= 15 is 0 Å². The van der Waals surface area contributed by atoms with Gasteiger partial charge < -0.3 is 24.7 Å². The number of ether oxygens (including phenoxy) is 4. The number of hydrogen-bond acceptors (Lipinski definition) is 7. The highest BCUT2D eigenvalue weighted by atomic mass is 16.6. The van der Waals surface area contributed by atoms with Crippen LogP contribution in [0.15, 0.2) is 6.33 Å². The number of nitrogen functional groups attached to an aromatic ring is 1. The topological polar surface area (TPSA) is 88.7 Å². The molecule has 1 heterocycles. The molecule has 0 saturated heterocycles. The van der Waals surface area contributed by atoms with Crippen molar-refractivity contribution in [2.75, 3.05) is 52.5 Å². The van der Waals surface area contributed by atoms with E-state index in [1.165, 1.54) is 6.33 Å². The van der Waals surface area contributed by atoms with E-state index in [-0.39, 0.29) is 0 Å². The molecular weight excluding hydrogens is 250 g/mol. The number of aromatic nitrogens is 2. The standard InChI is InChI=1S/C12H21N3O4/c1-10-11(13)14-9-15-12(10)19-8-7-18-6-5-17-4-3-16-2/h9H,3-8H2,1-2H3,(H2,13,14,15). The third-order valence-corrected chi connectivity index (χ3v) is 2.35. The molecule has 1 aromatic rings. The first kappa shape index (κ1) is 15.6. The van der Waals surface area contributed by atoms with Gasteiger partial charge in [0.05, 0.1) is 38.6 Å². The molecule has 19 heavy (non-hydrogen) atoms. The fourth-order valence-electron chi connectivity index (χ4n) is 1.25. The summed E-state index contributed by atoms with van der Waals surface area (Å²) in [5, 5.41) is 0. The van der Waals surface area contributed by atoms with Gasteiger partial charge >= 0.3 is 0 Å². The fraction of sp³-hybridized carbons (Fsp3) is 0.667. The molecule has 0 bridgehead atoms. The Kier molecular flexibility index (Phi) is 7.80. The Morgan fingerprint density at radius 3 is 2.32 bits per heavy atom. The van der Waals surface area contributed by atoms with Crippen molar-refractivity contribution >= 4 is 5.82 Å². The second-order valence-electron chi connectivity index (χ2n) is 3.76. The number of nitrogens with zero attached hydrogens (tertiary/aromatic N) is 2. The average Bonchev–Trinajstić information content (AvgIpc) is 2.41. The Hall–Kier alpha value is -1.44. The van der Waals surface area contributed by atoms with Gasteiger partial charge in [-0.15, -0.1) is 0 Å². The monoisotopic (exact) mass is 271 g/mol. The Morgan fingerprint density at radius 2 is 1.63 bits per heavy atom. The molecule has 0 aromatic carbocycles. The molecule has 0 amide bonds. The maximum atomic E-state index is 5.64. The first-order valence-corrected chi connectivity index (χ1v) is 6.10. The zero-order valence-corrected chi connectivity index (χ0v) is 11.4. The number of methoxy groups -OCH3 is 1. The summed E-state index contributed by atoms with van der Waals surface area (Å²) in [6.45, 7) is 4.94. The van der Waals surface area contributed by atoms with Crippen molar-refractivity contribution in [3.8, 4) is 5.88 Å². The molecule has 0 aliphatic carbocycles. The molecule has 7 nitrogen and oxygen atoms in total. The van der Waals surface area contributed by atoms with E-state index in [0.717, 1.165) is 5.56 Å². The van der Waals surface area contributed by atoms with Crippen molar-refractivity contribution in [2.45, 2.75) is 6.92 Å². The Bertz CT molecular complexity index is 363. The summed E-state index contributed by atoms with van der Waals surface area (Å²) in [7, 11) is 1.64. The summed E-state index contributed by atoms with van der Waals surface area (Å²) in [6.07, 6.45) is 1.38. The summed E-state index contributed by atoms with van der Waals surface area (Å²) < 4.78 is 20.9. The highest BCUT2D eigenvalue weighted by Gasteiger charge is 2.04. The van der Waals surface area contributed by atoms with Crippen molar-refractivity contribution in [2.24, 2.45) is 0 Å². The summed E-state index contributed by atoms with van der Waals surface area (Å²) in [4.78, 5) is 7.86. The molecule has 0 aliphatic rings. The minimum Gasteiger partial charge on any atom is -0.475 e. The van der Waals surface area contributed by atoms with E-state index in [9.17, 15) is 0 Å². The second kappa shape index (κ2) is 9.48. The van der Waals surface area contributed by atoms with Gasteiger partial charge in [-0.25, -0.2) is 9.97 Å². The summed E-state index contributed by atoms with van der Waals surface area (Å²) in [5.74, 6) is 0.921. The predicted octanol–water partition coefficient (Wildman–Crippen LogP) is 0.426. The maximum absolute atomic E-state index is 5.64. The van der Waals surface area contributed by atoms with E-state index in [2.05, 4.69) is 9.97 Å². The third-order valence-electron chi connectivity index (χ3n) is 2.35. The molecule has 0 aliphatic heterocycles. The van der Waals surface area contributed by atoms with Gasteiger partial charge in [-0.2, -0.15) is 0 Å². The summed E-state index contributed by atoms with van der Waals surface area (Å²) >= 11 is 0. The van der Waals surface area contributed by atoms with Crippen molar-refractivity contribution in [1.82, 2.24) is 9.97 Å². The number of hydrogen-bond donors (Lipinski definition) is 1. The average molecular weight is 271 g/mol. The maximum Gasteiger partial charge on any atom is 0.221 e. The van der Waals surface area contributed by atoms with Crippen molar-refractivity contribution in [3.05, 3.63) is 11.9 Å². The first-order valence-electron chi connectivity index (χ1n) is 6.10. The molecule has 0 atom stereocenters. The molecule has 0 saturated carbocycles. The van der Waals surface area contributed by atoms with E-state index in [1.54, 1.807) is 7.11 Å². The minimum atomic E-state index is 0.412. The smallest absolute Gasteiger partial charge is 0.221 e. The van der Waals surface area contributed by atoms with E-state index in [0.29, 0.717) is 51.3 Å². The van der Waals surface area contributed by atoms with Gasteiger partial charge in [0.15, 0.2) is 0 Å². The van der Waals surface area contributed by atoms with Crippen LogP contribution in [0.2, 0.25) is 0 Å². The summed E-state index contributed by atoms with van der Waals surface area (Å²) in [5.41, 5.74) is 6.38. The SMILES string of the molecule is COCCOCCOCCOc1ncnc(N)c1C. The second-order valence-corrected chi connectivity index (χ2v) is 3.76. The zero-order valence-electron chi connectivity index (χ0n) is 11.4. The van der Waals surface area contributed by atoms with Crippen LogP contribution in [0.25, 0.3) is 0 Å². The van der Waals surface area contributed by atoms with Gasteiger partial charge in [0.25, 0.3) is 0 Å². The van der Waals surface area contributed by atoms with Crippen LogP contribution in [-0.2, 0) is 14.2 Å². The summed E-state index contributed by atoms with van der Waals surface area (Å²) in [6, 6.07) is 0. The van der Waals surface area contributed by atoms with Crippen LogP contribution in [-0.4, -0.2) is 56.7 Å². The minimum absolute atomic E-state index is 0.412. The lowest BCUT2D eigenvalue weighted by molar-refractivity contribution is 0.0176. The van der Waals surface area contributed by atoms with Crippen LogP contribution in [0.1, 0.15) is 5.56 Å². The van der Waals surface area contributed by atoms with Gasteiger partial charge in [0.1, 0.15) is 18.8 Å². The predicted molar refractivity (Wildman–Crippen MR) is 70.2 cm³/mol. The van der Waals surface area contributed by atoms with Gasteiger partial charge in [0, 0.05) is 7.11 Å². The van der Waals surface area contributed by atoms with Crippen LogP contribution in [0.5, 0.6) is 5.88 Å². The lowest BCUT2D eigenvalue weighted by Gasteiger charge is -2.09. The molecule has 0 spiro atoms. The molecule has 0 fully saturated rings. The Morgan fingerprint density at radius 1 is 1.00 bits per heavy atom. The van der Waals surface area contributed by atoms with E-state index < -0.39 is 0 Å². The van der Waals surface area contributed by atoms with Gasteiger partial charge in [-0.05, 0) is 6.92 Å². The molecule has 1 aromatic heterocycles. The molecule has 0 radical (unpaired) electrons. The number of nitrogens with two attached hydrogens (primary N) is 1. The number of anilines is 1. The molecule has 7 heteroatoms. The van der Waals surface area contributed by atoms with Gasteiger partial charge in [0.2, 0.25) is 5.88 Å². The molecule has 2 N–H and O–H groups in total. The number of rotatable bonds is 10. The zero-order chi connectivity index (χ0) is 13.9. The van der Waals surface area contributed by atoms with Crippen LogP contribution in [0, 0.1) is 6.92 Å². The molecular formula is C12H21N3O4. The fourth-order valence-corrected chi connectivity index (χ4v) is 1.25. The lowest BCUT2D eigenvalue weighted by atomic mass is 10.3. The van der Waals surface area contributed by atoms with Crippen molar-refractivity contribution in [1.29, 1.82) is 0 Å². The van der Waals surface area contributed by atoms with Crippen molar-refractivity contribution in [3.63, 3.8) is 0 Å². The third kappa shape index (κ3) is 6.32. The molecule has 108 valence electrons. The van der Waals surface area contributed by atoms with Crippen molar-refractivity contribution < 1.29 is 18.9 Å². The van der Waals surface area contributed by atoms with Crippen LogP contribution in [0.4, 0.5) is 5.82 Å². The van der Waals surface area contributed by atoms with E-state index in [4.69, 9.17) is 24.7 Å². The van der Waals surface area contributed by atoms with Crippen LogP contribution < -0.4 is 10.5 Å². The largest absolute Gasteiger partial charge is 0.475 e. The normalized spacial score (nSPS) is 10.6.